The van der Waals surface area contributed by atoms with Crippen molar-refractivity contribution in [3.05, 3.63) is 119 Å². The van der Waals surface area contributed by atoms with Crippen molar-refractivity contribution < 1.29 is 0 Å². The summed E-state index contributed by atoms with van der Waals surface area (Å²) in [5, 5.41) is 0. The van der Waals surface area contributed by atoms with Crippen LogP contribution in [-0.2, 0) is 0 Å². The summed E-state index contributed by atoms with van der Waals surface area (Å²) in [4.78, 5) is 36.8. The summed E-state index contributed by atoms with van der Waals surface area (Å²) < 4.78 is 0. The van der Waals surface area contributed by atoms with Gasteiger partial charge in [0.05, 0.1) is 45.6 Å². The molecule has 50 heavy (non-hydrogen) atoms. The summed E-state index contributed by atoms with van der Waals surface area (Å²) >= 11 is 0. The number of hydrogen-bond donors (Lipinski definition) is 0. The molecule has 0 amide bonds. The van der Waals surface area contributed by atoms with Gasteiger partial charge in [-0.3, -0.25) is 19.9 Å². The van der Waals surface area contributed by atoms with Gasteiger partial charge in [-0.25, -0.2) is 9.97 Å². The smallest absolute Gasteiger partial charge is 0.0895 e. The van der Waals surface area contributed by atoms with E-state index in [-0.39, 0.29) is 0 Å². The van der Waals surface area contributed by atoms with Crippen LogP contribution in [0.2, 0.25) is 0 Å². The van der Waals surface area contributed by atoms with Gasteiger partial charge >= 0.3 is 0 Å². The zero-order valence-corrected chi connectivity index (χ0v) is 30.0. The first-order valence-corrected chi connectivity index (χ1v) is 16.2. The van der Waals surface area contributed by atoms with E-state index in [0.29, 0.717) is 22.8 Å². The average Bonchev–Trinajstić information content (AvgIpc) is 3.12. The monoisotopic (exact) mass is 664 g/mol. The molecule has 0 aliphatic carbocycles. The van der Waals surface area contributed by atoms with E-state index < -0.39 is 0 Å². The third kappa shape index (κ3) is 9.47. The third-order valence-electron chi connectivity index (χ3n) is 7.78. The lowest BCUT2D eigenvalue weighted by atomic mass is 10.1. The molecule has 0 bridgehead atoms. The molecule has 0 fully saturated rings. The van der Waals surface area contributed by atoms with Gasteiger partial charge in [0.2, 0.25) is 0 Å². The predicted octanol–water partition coefficient (Wildman–Crippen LogP) is 7.00. The fourth-order valence-corrected chi connectivity index (χ4v) is 4.86. The van der Waals surface area contributed by atoms with Crippen LogP contribution in [0.15, 0.2) is 73.3 Å². The highest BCUT2D eigenvalue weighted by atomic mass is 15.1. The molecule has 0 radical (unpaired) electrons. The van der Waals surface area contributed by atoms with Gasteiger partial charge in [-0.2, -0.15) is 0 Å². The van der Waals surface area contributed by atoms with E-state index in [4.69, 9.17) is 9.97 Å². The molecule has 0 spiro atoms. The normalized spacial score (nSPS) is 11.7. The molecular weight excluding hydrogens is 621 g/mol. The van der Waals surface area contributed by atoms with Crippen LogP contribution in [0, 0.1) is 0 Å². The topological polar surface area (TPSA) is 90.3 Å². The Balaban J connectivity index is 1.65. The number of pyridine rings is 4. The second kappa shape index (κ2) is 16.3. The van der Waals surface area contributed by atoms with Crippen molar-refractivity contribution in [1.29, 1.82) is 0 Å². The molecule has 0 aromatic carbocycles. The van der Waals surface area contributed by atoms with Crippen LogP contribution in [0.3, 0.4) is 0 Å². The first-order chi connectivity index (χ1) is 24.0. The molecule has 0 aliphatic heterocycles. The Bertz CT molecular complexity index is 1750. The highest BCUT2D eigenvalue weighted by molar-refractivity contribution is 5.81. The SMILES string of the molecule is CN(C)c1ccnc(/C=C/c2nc(/C=C/c3cc(N(C)C)ccn3)c(/C=C/c3cc(N(C)C)ccn3)nc2/C=C/c2cc(N(C)C)ccn2)c1. The minimum absolute atomic E-state index is 0.682. The molecular formula is C40H44N10. The molecule has 5 aromatic heterocycles. The molecule has 0 saturated heterocycles. The summed E-state index contributed by atoms with van der Waals surface area (Å²) in [6.45, 7) is 0. The molecule has 10 heteroatoms. The maximum atomic E-state index is 5.16. The summed E-state index contributed by atoms with van der Waals surface area (Å²) in [5.74, 6) is 0. The lowest BCUT2D eigenvalue weighted by Gasteiger charge is -2.12. The van der Waals surface area contributed by atoms with E-state index in [9.17, 15) is 0 Å². The van der Waals surface area contributed by atoms with Crippen LogP contribution in [0.1, 0.15) is 45.6 Å². The third-order valence-corrected chi connectivity index (χ3v) is 7.78. The molecule has 5 aromatic rings. The maximum absolute atomic E-state index is 5.16. The van der Waals surface area contributed by atoms with Crippen molar-refractivity contribution in [2.24, 2.45) is 0 Å². The average molecular weight is 665 g/mol. The Kier molecular flexibility index (Phi) is 11.5. The van der Waals surface area contributed by atoms with Crippen molar-refractivity contribution in [1.82, 2.24) is 29.9 Å². The number of hydrogen-bond acceptors (Lipinski definition) is 10. The van der Waals surface area contributed by atoms with Gasteiger partial charge in [-0.15, -0.1) is 0 Å². The highest BCUT2D eigenvalue weighted by Gasteiger charge is 2.10. The standard InChI is InChI=1S/C40H44N10/c1-47(2)33-17-21-41-29(25-33)9-13-37-38(14-10-30-26-34(48(3)4)18-22-42-30)46-40(16-12-32-28-36(50(7)8)20-24-44-32)39(45-37)15-11-31-27-35(49(5)6)19-23-43-31/h9-28H,1-8H3/b13-9+,14-10+,15-11+,16-12+. The first kappa shape index (κ1) is 35.2. The van der Waals surface area contributed by atoms with Crippen molar-refractivity contribution >= 4 is 71.4 Å². The number of nitrogens with zero attached hydrogens (tertiary/aromatic N) is 10. The Hall–Kier alpha value is -6.16. The molecule has 0 atom stereocenters. The Morgan fingerprint density at radius 3 is 0.760 bits per heavy atom. The van der Waals surface area contributed by atoms with E-state index in [1.807, 2.05) is 173 Å². The summed E-state index contributed by atoms with van der Waals surface area (Å²) in [6.07, 6.45) is 22.9. The van der Waals surface area contributed by atoms with Crippen LogP contribution in [-0.4, -0.2) is 86.3 Å². The minimum atomic E-state index is 0.682. The van der Waals surface area contributed by atoms with Gasteiger partial charge in [0, 0.05) is 104 Å². The summed E-state index contributed by atoms with van der Waals surface area (Å²) in [6, 6.07) is 16.1. The second-order valence-electron chi connectivity index (χ2n) is 12.4. The fraction of sp³-hybridized carbons (Fsp3) is 0.200. The van der Waals surface area contributed by atoms with Crippen LogP contribution < -0.4 is 19.6 Å². The second-order valence-corrected chi connectivity index (χ2v) is 12.4. The van der Waals surface area contributed by atoms with Crippen molar-refractivity contribution in [3.63, 3.8) is 0 Å². The van der Waals surface area contributed by atoms with E-state index in [1.165, 1.54) is 0 Å². The van der Waals surface area contributed by atoms with Gasteiger partial charge in [0.15, 0.2) is 0 Å². The van der Waals surface area contributed by atoms with Crippen molar-refractivity contribution in [3.8, 4) is 0 Å². The van der Waals surface area contributed by atoms with E-state index in [1.54, 1.807) is 24.8 Å². The van der Waals surface area contributed by atoms with Crippen molar-refractivity contribution in [2.75, 3.05) is 76.0 Å². The lowest BCUT2D eigenvalue weighted by molar-refractivity contribution is 1.11. The molecule has 0 unspecified atom stereocenters. The maximum Gasteiger partial charge on any atom is 0.0895 e. The van der Waals surface area contributed by atoms with E-state index in [0.717, 1.165) is 45.5 Å². The fourth-order valence-electron chi connectivity index (χ4n) is 4.86. The largest absolute Gasteiger partial charge is 0.378 e. The molecule has 5 rings (SSSR count). The Morgan fingerprint density at radius 1 is 0.340 bits per heavy atom. The van der Waals surface area contributed by atoms with Gasteiger partial charge < -0.3 is 19.6 Å². The van der Waals surface area contributed by atoms with Gasteiger partial charge in [0.1, 0.15) is 0 Å². The molecule has 254 valence electrons. The zero-order valence-electron chi connectivity index (χ0n) is 30.0. The van der Waals surface area contributed by atoms with Gasteiger partial charge in [0.25, 0.3) is 0 Å². The lowest BCUT2D eigenvalue weighted by Crippen LogP contribution is -2.08. The van der Waals surface area contributed by atoms with Gasteiger partial charge in [-0.1, -0.05) is 0 Å². The van der Waals surface area contributed by atoms with Crippen LogP contribution in [0.4, 0.5) is 22.7 Å². The van der Waals surface area contributed by atoms with Gasteiger partial charge in [-0.05, 0) is 97.1 Å². The van der Waals surface area contributed by atoms with Crippen LogP contribution in [0.5, 0.6) is 0 Å². The number of rotatable bonds is 12. The summed E-state index contributed by atoms with van der Waals surface area (Å²) in [5.41, 5.74) is 10.2. The molecule has 5 heterocycles. The molecule has 0 aliphatic rings. The predicted molar refractivity (Wildman–Crippen MR) is 212 cm³/mol. The van der Waals surface area contributed by atoms with Crippen molar-refractivity contribution in [2.45, 2.75) is 0 Å². The number of aromatic nitrogens is 6. The minimum Gasteiger partial charge on any atom is -0.378 e. The van der Waals surface area contributed by atoms with Crippen LogP contribution in [0.25, 0.3) is 48.6 Å². The zero-order chi connectivity index (χ0) is 35.6. The van der Waals surface area contributed by atoms with E-state index in [2.05, 4.69) is 19.9 Å². The Labute approximate surface area is 295 Å². The number of anilines is 4. The Morgan fingerprint density at radius 2 is 0.560 bits per heavy atom. The molecule has 0 N–H and O–H groups in total. The van der Waals surface area contributed by atoms with Crippen LogP contribution >= 0.6 is 0 Å². The highest BCUT2D eigenvalue weighted by Crippen LogP contribution is 2.22. The molecule has 10 nitrogen and oxygen atoms in total. The summed E-state index contributed by atoms with van der Waals surface area (Å²) in [7, 11) is 16.1. The molecule has 0 saturated carbocycles. The quantitative estimate of drug-likeness (QED) is 0.139. The van der Waals surface area contributed by atoms with E-state index >= 15 is 0 Å². The first-order valence-electron chi connectivity index (χ1n) is 16.2.